The third-order valence-electron chi connectivity index (χ3n) is 3.51. The summed E-state index contributed by atoms with van der Waals surface area (Å²) in [4.78, 5) is 0. The molecule has 6 heteroatoms. The lowest BCUT2D eigenvalue weighted by atomic mass is 10.0. The smallest absolute Gasteiger partial charge is 0.318 e. The third kappa shape index (κ3) is 11.4. The highest BCUT2D eigenvalue weighted by molar-refractivity contribution is 7.86. The maximum absolute atomic E-state index is 11.0. The van der Waals surface area contributed by atoms with E-state index in [9.17, 15) is 8.42 Å². The minimum absolute atomic E-state index is 0. The van der Waals surface area contributed by atoms with E-state index < -0.39 is 16.1 Å². The Hall–Kier alpha value is -1.11. The molecule has 142 valence electrons. The maximum atomic E-state index is 11.0. The Morgan fingerprint density at radius 3 is 2.00 bits per heavy atom. The van der Waals surface area contributed by atoms with Crippen LogP contribution in [0.5, 0.6) is 5.75 Å². The summed E-state index contributed by atoms with van der Waals surface area (Å²) in [5.41, 5.74) is 1.24. The zero-order valence-electron chi connectivity index (χ0n) is 13.3. The molecule has 2 N–H and O–H groups in total. The molecule has 0 saturated carbocycles. The SMILES string of the molecule is C.C.CCCCCCCCCc1ccc(OCS(=O)(=O)ON)cc1. The van der Waals surface area contributed by atoms with Crippen LogP contribution in [0.25, 0.3) is 0 Å². The molecule has 0 heterocycles. The van der Waals surface area contributed by atoms with Crippen molar-refractivity contribution < 1.29 is 17.4 Å². The van der Waals surface area contributed by atoms with Crippen LogP contribution in [0.3, 0.4) is 0 Å². The van der Waals surface area contributed by atoms with Crippen LogP contribution in [0.2, 0.25) is 0 Å². The van der Waals surface area contributed by atoms with E-state index in [4.69, 9.17) is 4.74 Å². The lowest BCUT2D eigenvalue weighted by Gasteiger charge is -2.07. The summed E-state index contributed by atoms with van der Waals surface area (Å²) in [6.45, 7) is 2.23. The van der Waals surface area contributed by atoms with Crippen LogP contribution in [0, 0.1) is 0 Å². The molecule has 1 rings (SSSR count). The second kappa shape index (κ2) is 14.3. The molecule has 0 atom stereocenters. The first kappa shape index (κ1) is 25.1. The largest absolute Gasteiger partial charge is 0.475 e. The van der Waals surface area contributed by atoms with Crippen molar-refractivity contribution in [1.29, 1.82) is 0 Å². The quantitative estimate of drug-likeness (QED) is 0.427. The van der Waals surface area contributed by atoms with Crippen molar-refractivity contribution >= 4 is 10.1 Å². The molecule has 0 unspecified atom stereocenters. The van der Waals surface area contributed by atoms with Gasteiger partial charge in [0.15, 0.2) is 0 Å². The van der Waals surface area contributed by atoms with E-state index in [1.54, 1.807) is 12.1 Å². The van der Waals surface area contributed by atoms with Crippen molar-refractivity contribution in [3.63, 3.8) is 0 Å². The van der Waals surface area contributed by atoms with Gasteiger partial charge in [-0.3, -0.25) is 0 Å². The second-order valence-corrected chi connectivity index (χ2v) is 6.97. The Morgan fingerprint density at radius 1 is 0.917 bits per heavy atom. The number of unbranched alkanes of at least 4 members (excludes halogenated alkanes) is 6. The summed E-state index contributed by atoms with van der Waals surface area (Å²) < 4.78 is 31.0. The molecule has 1 aromatic carbocycles. The molecule has 0 bridgehead atoms. The summed E-state index contributed by atoms with van der Waals surface area (Å²) in [6.07, 6.45) is 10.1. The topological polar surface area (TPSA) is 78.6 Å². The first-order valence-corrected chi connectivity index (χ1v) is 9.48. The normalized spacial score (nSPS) is 10.6. The van der Waals surface area contributed by atoms with E-state index in [2.05, 4.69) is 17.1 Å². The Morgan fingerprint density at radius 2 is 1.46 bits per heavy atom. The van der Waals surface area contributed by atoms with Gasteiger partial charge in [-0.1, -0.05) is 72.4 Å². The number of ether oxygens (including phenoxy) is 1. The van der Waals surface area contributed by atoms with Crippen LogP contribution in [0.1, 0.15) is 72.3 Å². The Labute approximate surface area is 148 Å². The van der Waals surface area contributed by atoms with Crippen molar-refractivity contribution in [1.82, 2.24) is 0 Å². The monoisotopic (exact) mass is 361 g/mol. The van der Waals surface area contributed by atoms with Gasteiger partial charge in [0.25, 0.3) is 0 Å². The Bertz CT molecular complexity index is 500. The molecule has 0 radical (unpaired) electrons. The number of benzene rings is 1. The van der Waals surface area contributed by atoms with E-state index in [1.165, 1.54) is 50.5 Å². The van der Waals surface area contributed by atoms with E-state index in [-0.39, 0.29) is 14.9 Å². The van der Waals surface area contributed by atoms with Crippen molar-refractivity contribution in [2.75, 3.05) is 5.94 Å². The van der Waals surface area contributed by atoms with Gasteiger partial charge in [0.1, 0.15) is 5.75 Å². The van der Waals surface area contributed by atoms with Gasteiger partial charge in [-0.2, -0.15) is 18.6 Å². The predicted octanol–water partition coefficient (Wildman–Crippen LogP) is 4.81. The van der Waals surface area contributed by atoms with Crippen molar-refractivity contribution in [3.8, 4) is 5.75 Å². The molecule has 0 fully saturated rings. The van der Waals surface area contributed by atoms with Crippen molar-refractivity contribution in [2.24, 2.45) is 5.90 Å². The van der Waals surface area contributed by atoms with Crippen molar-refractivity contribution in [2.45, 2.75) is 73.1 Å². The number of hydrogen-bond acceptors (Lipinski definition) is 5. The lowest BCUT2D eigenvalue weighted by molar-refractivity contribution is 0.295. The fourth-order valence-corrected chi connectivity index (χ4v) is 2.54. The summed E-state index contributed by atoms with van der Waals surface area (Å²) >= 11 is 0. The molecule has 0 saturated heterocycles. The molecule has 0 spiro atoms. The van der Waals surface area contributed by atoms with E-state index in [1.807, 2.05) is 12.1 Å². The molecule has 0 aliphatic carbocycles. The van der Waals surface area contributed by atoms with Gasteiger partial charge in [-0.15, -0.1) is 0 Å². The molecule has 0 aromatic heterocycles. The third-order valence-corrected chi connectivity index (χ3v) is 4.21. The summed E-state index contributed by atoms with van der Waals surface area (Å²) in [7, 11) is -3.80. The average Bonchev–Trinajstić information content (AvgIpc) is 2.53. The average molecular weight is 362 g/mol. The minimum Gasteiger partial charge on any atom is -0.475 e. The Kier molecular flexibility index (Phi) is 14.9. The van der Waals surface area contributed by atoms with Crippen LogP contribution < -0.4 is 10.6 Å². The molecule has 24 heavy (non-hydrogen) atoms. The van der Waals surface area contributed by atoms with E-state index >= 15 is 0 Å². The first-order chi connectivity index (χ1) is 10.6. The van der Waals surface area contributed by atoms with Gasteiger partial charge in [0.05, 0.1) is 0 Å². The highest BCUT2D eigenvalue weighted by atomic mass is 32.2. The van der Waals surface area contributed by atoms with Crippen LogP contribution in [0.15, 0.2) is 24.3 Å². The number of rotatable bonds is 12. The molecule has 0 amide bonds. The fraction of sp³-hybridized carbons (Fsp3) is 0.667. The lowest BCUT2D eigenvalue weighted by Crippen LogP contribution is -2.18. The molecular formula is C18H35NO4S. The number of nitrogens with two attached hydrogens (primary N) is 1. The van der Waals surface area contributed by atoms with Crippen LogP contribution in [-0.4, -0.2) is 14.4 Å². The van der Waals surface area contributed by atoms with Gasteiger partial charge >= 0.3 is 10.1 Å². The molecule has 5 nitrogen and oxygen atoms in total. The zero-order valence-corrected chi connectivity index (χ0v) is 14.1. The molecule has 0 aliphatic heterocycles. The van der Waals surface area contributed by atoms with E-state index in [0.717, 1.165) is 6.42 Å². The maximum Gasteiger partial charge on any atom is 0.318 e. The van der Waals surface area contributed by atoms with Gasteiger partial charge in [0.2, 0.25) is 5.94 Å². The standard InChI is InChI=1S/C16H27NO4S.2CH4/c1-2-3-4-5-6-7-8-9-15-10-12-16(13-11-15)20-14-22(18,19)21-17;;/h10-13H,2-9,14,17H2,1H3;2*1H4. The van der Waals surface area contributed by atoms with Crippen molar-refractivity contribution in [3.05, 3.63) is 29.8 Å². The Balaban J connectivity index is 0. The molecular weight excluding hydrogens is 326 g/mol. The molecule has 1 aromatic rings. The zero-order chi connectivity index (χ0) is 16.3. The van der Waals surface area contributed by atoms with E-state index in [0.29, 0.717) is 5.75 Å². The summed E-state index contributed by atoms with van der Waals surface area (Å²) in [5, 5.41) is 0. The fourth-order valence-electron chi connectivity index (χ4n) is 2.21. The highest BCUT2D eigenvalue weighted by Crippen LogP contribution is 2.15. The minimum atomic E-state index is -3.80. The number of hydrogen-bond donors (Lipinski definition) is 1. The summed E-state index contributed by atoms with van der Waals surface area (Å²) in [5.74, 6) is 4.54. The summed E-state index contributed by atoms with van der Waals surface area (Å²) in [6, 6.07) is 7.45. The molecule has 0 aliphatic rings. The number of aryl methyl sites for hydroxylation is 1. The van der Waals surface area contributed by atoms with Crippen LogP contribution in [-0.2, 0) is 20.8 Å². The predicted molar refractivity (Wildman–Crippen MR) is 101 cm³/mol. The highest BCUT2D eigenvalue weighted by Gasteiger charge is 2.10. The van der Waals surface area contributed by atoms with Gasteiger partial charge in [-0.05, 0) is 30.5 Å². The second-order valence-electron chi connectivity index (χ2n) is 5.43. The van der Waals surface area contributed by atoms with Gasteiger partial charge in [0, 0.05) is 0 Å². The van der Waals surface area contributed by atoms with Gasteiger partial charge in [-0.25, -0.2) is 0 Å². The van der Waals surface area contributed by atoms with Gasteiger partial charge < -0.3 is 4.74 Å². The van der Waals surface area contributed by atoms with Crippen LogP contribution in [0.4, 0.5) is 0 Å². The van der Waals surface area contributed by atoms with Crippen LogP contribution >= 0.6 is 0 Å². The first-order valence-electron chi connectivity index (χ1n) is 7.90.